The van der Waals surface area contributed by atoms with Gasteiger partial charge in [-0.25, -0.2) is 0 Å². The Morgan fingerprint density at radius 2 is 2.04 bits per heavy atom. The number of nitrogens with one attached hydrogen (secondary N) is 2. The second kappa shape index (κ2) is 5.71. The van der Waals surface area contributed by atoms with Gasteiger partial charge in [0.25, 0.3) is 0 Å². The van der Waals surface area contributed by atoms with E-state index in [-0.39, 0.29) is 11.3 Å². The van der Waals surface area contributed by atoms with E-state index in [0.29, 0.717) is 0 Å². The van der Waals surface area contributed by atoms with Crippen molar-refractivity contribution >= 4 is 28.3 Å². The quantitative estimate of drug-likeness (QED) is 0.856. The van der Waals surface area contributed by atoms with E-state index >= 15 is 0 Å². The maximum Gasteiger partial charge on any atom is 0.234 e. The number of aromatic amines is 1. The fourth-order valence-corrected chi connectivity index (χ4v) is 4.38. The number of carbonyl (C=O) groups is 1. The summed E-state index contributed by atoms with van der Waals surface area (Å²) in [7, 11) is 0. The van der Waals surface area contributed by atoms with Crippen LogP contribution in [0.4, 0.5) is 11.5 Å². The highest BCUT2D eigenvalue weighted by molar-refractivity contribution is 6.03. The molecule has 3 aliphatic heterocycles. The molecule has 0 saturated carbocycles. The minimum Gasteiger partial charge on any atom is -0.378 e. The largest absolute Gasteiger partial charge is 0.378 e. The summed E-state index contributed by atoms with van der Waals surface area (Å²) in [6.07, 6.45) is 1.90. The van der Waals surface area contributed by atoms with E-state index in [1.165, 1.54) is 0 Å². The second-order valence-corrected chi connectivity index (χ2v) is 7.29. The first-order chi connectivity index (χ1) is 12.3. The van der Waals surface area contributed by atoms with Crippen molar-refractivity contribution < 1.29 is 9.53 Å². The Hall–Kier alpha value is -2.12. The summed E-state index contributed by atoms with van der Waals surface area (Å²) in [6.45, 7) is 5.72. The Bertz CT molecular complexity index is 805. The van der Waals surface area contributed by atoms with Gasteiger partial charge in [-0.15, -0.1) is 0 Å². The monoisotopic (exact) mass is 341 g/mol. The van der Waals surface area contributed by atoms with Crippen molar-refractivity contribution in [1.82, 2.24) is 15.5 Å². The molecule has 3 fully saturated rings. The highest BCUT2D eigenvalue weighted by atomic mass is 16.5. The summed E-state index contributed by atoms with van der Waals surface area (Å²) in [4.78, 5) is 17.2. The van der Waals surface area contributed by atoms with E-state index in [4.69, 9.17) is 4.74 Å². The Balaban J connectivity index is 1.49. The zero-order valence-electron chi connectivity index (χ0n) is 14.3. The summed E-state index contributed by atoms with van der Waals surface area (Å²) >= 11 is 0. The Morgan fingerprint density at radius 3 is 2.84 bits per heavy atom. The molecule has 2 N–H and O–H groups in total. The minimum absolute atomic E-state index is 0.182. The topological polar surface area (TPSA) is 73.5 Å². The van der Waals surface area contributed by atoms with Crippen molar-refractivity contribution in [1.29, 1.82) is 0 Å². The average molecular weight is 341 g/mol. The van der Waals surface area contributed by atoms with Crippen molar-refractivity contribution in [2.24, 2.45) is 5.41 Å². The number of nitrogens with zero attached hydrogens (tertiary/aromatic N) is 3. The molecule has 3 aliphatic rings. The lowest BCUT2D eigenvalue weighted by Crippen LogP contribution is -2.36. The van der Waals surface area contributed by atoms with Crippen molar-refractivity contribution in [2.75, 3.05) is 55.7 Å². The summed E-state index contributed by atoms with van der Waals surface area (Å²) in [6, 6.07) is 6.18. The van der Waals surface area contributed by atoms with Crippen LogP contribution >= 0.6 is 0 Å². The van der Waals surface area contributed by atoms with Gasteiger partial charge in [0, 0.05) is 37.3 Å². The third-order valence-electron chi connectivity index (χ3n) is 5.91. The van der Waals surface area contributed by atoms with Gasteiger partial charge in [0.05, 0.1) is 24.1 Å². The van der Waals surface area contributed by atoms with Crippen molar-refractivity contribution in [3.05, 3.63) is 18.2 Å². The van der Waals surface area contributed by atoms with Crippen molar-refractivity contribution in [3.8, 4) is 0 Å². The number of anilines is 2. The smallest absolute Gasteiger partial charge is 0.234 e. The number of aromatic nitrogens is 2. The number of fused-ring (bicyclic) bond motifs is 1. The number of morpholine rings is 1. The average Bonchev–Trinajstić information content (AvgIpc) is 3.36. The standard InChI is InChI=1S/C18H23N5O2/c24-17-18(3-5-19-12-18)4-6-23(17)13-1-2-15-14(11-13)16(21-20-15)22-7-9-25-10-8-22/h1-2,11,19H,3-10,12H2,(H,20,21)/t18-/m0/s1. The SMILES string of the molecule is O=C1N(c2ccc3[nH]nc(N4CCOCC4)c3c2)CC[C@]12CCNC2. The van der Waals surface area contributed by atoms with E-state index in [1.807, 2.05) is 17.0 Å². The molecule has 2 aromatic rings. The maximum absolute atomic E-state index is 13.0. The Kier molecular flexibility index (Phi) is 3.46. The van der Waals surface area contributed by atoms with Gasteiger partial charge in [0.15, 0.2) is 5.82 Å². The van der Waals surface area contributed by atoms with Gasteiger partial charge in [-0.05, 0) is 37.6 Å². The third kappa shape index (κ3) is 2.33. The summed E-state index contributed by atoms with van der Waals surface area (Å²) in [5.41, 5.74) is 1.81. The molecule has 7 heteroatoms. The van der Waals surface area contributed by atoms with Crippen molar-refractivity contribution in [3.63, 3.8) is 0 Å². The van der Waals surface area contributed by atoms with E-state index in [1.54, 1.807) is 0 Å². The molecule has 25 heavy (non-hydrogen) atoms. The molecule has 5 rings (SSSR count). The highest BCUT2D eigenvalue weighted by Gasteiger charge is 2.48. The minimum atomic E-state index is -0.182. The van der Waals surface area contributed by atoms with Crippen LogP contribution in [0.5, 0.6) is 0 Å². The molecule has 4 heterocycles. The number of amides is 1. The first-order valence-corrected chi connectivity index (χ1v) is 9.10. The zero-order valence-corrected chi connectivity index (χ0v) is 14.3. The molecule has 1 aromatic carbocycles. The molecule has 0 unspecified atom stereocenters. The van der Waals surface area contributed by atoms with Crippen LogP contribution in [0.15, 0.2) is 18.2 Å². The predicted octanol–water partition coefficient (Wildman–Crippen LogP) is 1.12. The predicted molar refractivity (Wildman–Crippen MR) is 96.0 cm³/mol. The number of benzene rings is 1. The molecule has 0 aliphatic carbocycles. The van der Waals surface area contributed by atoms with Gasteiger partial charge in [0.2, 0.25) is 5.91 Å². The van der Waals surface area contributed by atoms with E-state index in [0.717, 1.165) is 81.2 Å². The number of H-pyrrole nitrogens is 1. The molecule has 1 amide bonds. The summed E-state index contributed by atoms with van der Waals surface area (Å²) in [5, 5.41) is 12.1. The normalized spacial score (nSPS) is 27.1. The van der Waals surface area contributed by atoms with Gasteiger partial charge in [0.1, 0.15) is 0 Å². The molecule has 132 valence electrons. The molecular formula is C18H23N5O2. The van der Waals surface area contributed by atoms with Gasteiger partial charge in [-0.1, -0.05) is 0 Å². The lowest BCUT2D eigenvalue weighted by atomic mass is 9.86. The fraction of sp³-hybridized carbons (Fsp3) is 0.556. The molecule has 1 aromatic heterocycles. The molecule has 0 radical (unpaired) electrons. The van der Waals surface area contributed by atoms with E-state index in [2.05, 4.69) is 26.5 Å². The number of hydrogen-bond donors (Lipinski definition) is 2. The van der Waals surface area contributed by atoms with Crippen LogP contribution in [0.25, 0.3) is 10.9 Å². The molecule has 3 saturated heterocycles. The Morgan fingerprint density at radius 1 is 1.16 bits per heavy atom. The third-order valence-corrected chi connectivity index (χ3v) is 5.91. The number of ether oxygens (including phenoxy) is 1. The van der Waals surface area contributed by atoms with Crippen LogP contribution in [0.2, 0.25) is 0 Å². The first kappa shape index (κ1) is 15.2. The van der Waals surface area contributed by atoms with Gasteiger partial charge < -0.3 is 19.9 Å². The zero-order chi connectivity index (χ0) is 16.9. The van der Waals surface area contributed by atoms with Crippen LogP contribution in [0.3, 0.4) is 0 Å². The molecule has 0 bridgehead atoms. The van der Waals surface area contributed by atoms with Crippen LogP contribution in [0.1, 0.15) is 12.8 Å². The second-order valence-electron chi connectivity index (χ2n) is 7.29. The molecule has 1 atom stereocenters. The summed E-state index contributed by atoms with van der Waals surface area (Å²) in [5.74, 6) is 1.23. The van der Waals surface area contributed by atoms with Gasteiger partial charge in [-0.2, -0.15) is 5.10 Å². The molecule has 1 spiro atoms. The molecule has 7 nitrogen and oxygen atoms in total. The van der Waals surface area contributed by atoms with Gasteiger partial charge in [-0.3, -0.25) is 9.89 Å². The maximum atomic E-state index is 13.0. The molecular weight excluding hydrogens is 318 g/mol. The lowest BCUT2D eigenvalue weighted by Gasteiger charge is -2.27. The number of hydrogen-bond acceptors (Lipinski definition) is 5. The Labute approximate surface area is 146 Å². The van der Waals surface area contributed by atoms with Crippen LogP contribution in [-0.2, 0) is 9.53 Å². The van der Waals surface area contributed by atoms with Crippen LogP contribution in [-0.4, -0.2) is 62.0 Å². The number of rotatable bonds is 2. The van der Waals surface area contributed by atoms with Crippen LogP contribution in [0, 0.1) is 5.41 Å². The van der Waals surface area contributed by atoms with Crippen molar-refractivity contribution in [2.45, 2.75) is 12.8 Å². The highest BCUT2D eigenvalue weighted by Crippen LogP contribution is 2.40. The van der Waals surface area contributed by atoms with Gasteiger partial charge >= 0.3 is 0 Å². The number of carbonyl (C=O) groups excluding carboxylic acids is 1. The summed E-state index contributed by atoms with van der Waals surface area (Å²) < 4.78 is 5.44. The van der Waals surface area contributed by atoms with Crippen LogP contribution < -0.4 is 15.1 Å². The fourth-order valence-electron chi connectivity index (χ4n) is 4.38. The lowest BCUT2D eigenvalue weighted by molar-refractivity contribution is -0.124. The van der Waals surface area contributed by atoms with E-state index < -0.39 is 0 Å². The first-order valence-electron chi connectivity index (χ1n) is 9.10. The van der Waals surface area contributed by atoms with E-state index in [9.17, 15) is 4.79 Å².